The number of benzene rings is 2. The Bertz CT molecular complexity index is 868. The highest BCUT2D eigenvalue weighted by Gasteiger charge is 2.12. The summed E-state index contributed by atoms with van der Waals surface area (Å²) in [4.78, 5) is 14.7. The second kappa shape index (κ2) is 10.4. The van der Waals surface area contributed by atoms with Crippen molar-refractivity contribution in [2.45, 2.75) is 20.1 Å². The maximum atomic E-state index is 12.5. The molecular weight excluding hydrogens is 394 g/mol. The minimum Gasteiger partial charge on any atom is -0.434 e. The smallest absolute Gasteiger partial charge is 0.387 e. The number of anilines is 1. The average molecular weight is 419 g/mol. The first-order valence-corrected chi connectivity index (χ1v) is 10.6. The highest BCUT2D eigenvalue weighted by atomic mass is 32.2. The van der Waals surface area contributed by atoms with Gasteiger partial charge < -0.3 is 10.1 Å². The Kier molecular flexibility index (Phi) is 7.66. The molecule has 4 nitrogen and oxygen atoms in total. The van der Waals surface area contributed by atoms with Crippen LogP contribution < -0.4 is 10.1 Å². The highest BCUT2D eigenvalue weighted by molar-refractivity contribution is 7.99. The van der Waals surface area contributed by atoms with Crippen LogP contribution in [-0.4, -0.2) is 42.0 Å². The summed E-state index contributed by atoms with van der Waals surface area (Å²) < 4.78 is 29.4. The van der Waals surface area contributed by atoms with Gasteiger partial charge in [0.1, 0.15) is 5.75 Å². The zero-order valence-corrected chi connectivity index (χ0v) is 17.1. The monoisotopic (exact) mass is 418 g/mol. The molecule has 0 radical (unpaired) electrons. The van der Waals surface area contributed by atoms with Gasteiger partial charge >= 0.3 is 6.61 Å². The van der Waals surface area contributed by atoms with Gasteiger partial charge in [-0.15, -0.1) is 0 Å². The second-order valence-electron chi connectivity index (χ2n) is 6.78. The van der Waals surface area contributed by atoms with Gasteiger partial charge in [0, 0.05) is 48.5 Å². The molecule has 0 spiro atoms. The fraction of sp³-hybridized carbons (Fsp3) is 0.318. The number of halogens is 2. The van der Waals surface area contributed by atoms with E-state index in [-0.39, 0.29) is 11.7 Å². The Hall–Kier alpha value is -2.38. The Morgan fingerprint density at radius 3 is 2.72 bits per heavy atom. The van der Waals surface area contributed by atoms with Crippen LogP contribution in [0.3, 0.4) is 0 Å². The molecule has 29 heavy (non-hydrogen) atoms. The van der Waals surface area contributed by atoms with Gasteiger partial charge in [-0.1, -0.05) is 30.3 Å². The SMILES string of the molecule is Cc1cc(CN2CCSCC2)ccc1NC(=O)C=Cc1ccccc1OC(F)F. The molecule has 2 aromatic rings. The first-order chi connectivity index (χ1) is 14.0. The molecule has 1 heterocycles. The Morgan fingerprint density at radius 2 is 2.00 bits per heavy atom. The molecule has 0 bridgehead atoms. The van der Waals surface area contributed by atoms with E-state index < -0.39 is 6.61 Å². The number of para-hydroxylation sites is 1. The summed E-state index contributed by atoms with van der Waals surface area (Å²) in [6.45, 7) is 2.16. The van der Waals surface area contributed by atoms with Gasteiger partial charge in [0.2, 0.25) is 5.91 Å². The molecule has 0 aliphatic carbocycles. The third-order valence-electron chi connectivity index (χ3n) is 4.61. The van der Waals surface area contributed by atoms with Crippen LogP contribution >= 0.6 is 11.8 Å². The Labute approximate surface area is 173 Å². The number of nitrogens with zero attached hydrogens (tertiary/aromatic N) is 1. The van der Waals surface area contributed by atoms with Crippen molar-refractivity contribution in [3.8, 4) is 5.75 Å². The third kappa shape index (κ3) is 6.58. The van der Waals surface area contributed by atoms with E-state index in [1.54, 1.807) is 18.2 Å². The zero-order valence-electron chi connectivity index (χ0n) is 16.2. The molecule has 0 unspecified atom stereocenters. The predicted octanol–water partition coefficient (Wildman–Crippen LogP) is 4.80. The van der Waals surface area contributed by atoms with Gasteiger partial charge in [-0.3, -0.25) is 9.69 Å². The number of carbonyl (C=O) groups excluding carboxylic acids is 1. The van der Waals surface area contributed by atoms with Crippen molar-refractivity contribution in [3.05, 3.63) is 65.2 Å². The maximum Gasteiger partial charge on any atom is 0.387 e. The van der Waals surface area contributed by atoms with Crippen LogP contribution in [0.25, 0.3) is 6.08 Å². The van der Waals surface area contributed by atoms with Crippen LogP contribution in [0.1, 0.15) is 16.7 Å². The van der Waals surface area contributed by atoms with Crippen molar-refractivity contribution in [1.29, 1.82) is 0 Å². The molecule has 3 rings (SSSR count). The van der Waals surface area contributed by atoms with Crippen LogP contribution in [0.15, 0.2) is 48.5 Å². The number of amides is 1. The highest BCUT2D eigenvalue weighted by Crippen LogP contribution is 2.22. The van der Waals surface area contributed by atoms with E-state index in [4.69, 9.17) is 0 Å². The summed E-state index contributed by atoms with van der Waals surface area (Å²) in [6, 6.07) is 12.4. The van der Waals surface area contributed by atoms with Gasteiger partial charge in [0.05, 0.1) is 0 Å². The molecule has 0 saturated carbocycles. The predicted molar refractivity (Wildman–Crippen MR) is 115 cm³/mol. The first kappa shape index (κ1) is 21.3. The summed E-state index contributed by atoms with van der Waals surface area (Å²) in [5.74, 6) is 2.04. The molecule has 1 fully saturated rings. The summed E-state index contributed by atoms with van der Waals surface area (Å²) in [5.41, 5.74) is 3.35. The minimum atomic E-state index is -2.91. The van der Waals surface area contributed by atoms with E-state index in [9.17, 15) is 13.6 Å². The lowest BCUT2D eigenvalue weighted by molar-refractivity contribution is -0.111. The average Bonchev–Trinajstić information content (AvgIpc) is 2.70. The normalized spacial score (nSPS) is 15.0. The van der Waals surface area contributed by atoms with Crippen molar-refractivity contribution in [2.24, 2.45) is 0 Å². The summed E-state index contributed by atoms with van der Waals surface area (Å²) in [7, 11) is 0. The van der Waals surface area contributed by atoms with Crippen LogP contribution in [0.5, 0.6) is 5.75 Å². The minimum absolute atomic E-state index is 0.0307. The number of hydrogen-bond acceptors (Lipinski definition) is 4. The number of rotatable bonds is 7. The maximum absolute atomic E-state index is 12.5. The Morgan fingerprint density at radius 1 is 1.24 bits per heavy atom. The van der Waals surface area contributed by atoms with Crippen LogP contribution in [0.2, 0.25) is 0 Å². The lowest BCUT2D eigenvalue weighted by Crippen LogP contribution is -2.31. The van der Waals surface area contributed by atoms with Gasteiger partial charge in [-0.05, 0) is 36.3 Å². The molecule has 1 aliphatic heterocycles. The van der Waals surface area contributed by atoms with E-state index in [1.165, 1.54) is 35.3 Å². The molecule has 0 aromatic heterocycles. The number of carbonyl (C=O) groups is 1. The van der Waals surface area contributed by atoms with Crippen molar-refractivity contribution in [3.63, 3.8) is 0 Å². The topological polar surface area (TPSA) is 41.6 Å². The molecule has 2 aromatic carbocycles. The number of hydrogen-bond donors (Lipinski definition) is 1. The fourth-order valence-corrected chi connectivity index (χ4v) is 4.12. The standard InChI is InChI=1S/C22H24F2N2O2S/c1-16-14-17(15-26-10-12-29-13-11-26)6-8-19(16)25-21(27)9-7-18-4-2-3-5-20(18)28-22(23)24/h2-9,14,22H,10-13,15H2,1H3,(H,25,27). The van der Waals surface area contributed by atoms with Crippen molar-refractivity contribution in [2.75, 3.05) is 29.9 Å². The number of aryl methyl sites for hydroxylation is 1. The second-order valence-corrected chi connectivity index (χ2v) is 8.00. The summed E-state index contributed by atoms with van der Waals surface area (Å²) in [5, 5.41) is 2.84. The molecular formula is C22H24F2N2O2S. The van der Waals surface area contributed by atoms with Gasteiger partial charge in [0.25, 0.3) is 0 Å². The number of alkyl halides is 2. The quantitative estimate of drug-likeness (QED) is 0.656. The third-order valence-corrected chi connectivity index (χ3v) is 5.55. The van der Waals surface area contributed by atoms with Crippen LogP contribution in [-0.2, 0) is 11.3 Å². The van der Waals surface area contributed by atoms with Gasteiger partial charge in [-0.25, -0.2) is 0 Å². The van der Waals surface area contributed by atoms with Gasteiger partial charge in [-0.2, -0.15) is 20.5 Å². The van der Waals surface area contributed by atoms with E-state index in [1.807, 2.05) is 30.8 Å². The lowest BCUT2D eigenvalue weighted by atomic mass is 10.1. The number of thioether (sulfide) groups is 1. The van der Waals surface area contributed by atoms with Crippen LogP contribution in [0, 0.1) is 6.92 Å². The van der Waals surface area contributed by atoms with E-state index >= 15 is 0 Å². The molecule has 7 heteroatoms. The number of ether oxygens (including phenoxy) is 1. The van der Waals surface area contributed by atoms with Crippen LogP contribution in [0.4, 0.5) is 14.5 Å². The molecule has 0 atom stereocenters. The lowest BCUT2D eigenvalue weighted by Gasteiger charge is -2.26. The molecule has 1 saturated heterocycles. The zero-order chi connectivity index (χ0) is 20.6. The molecule has 1 aliphatic rings. The van der Waals surface area contributed by atoms with Gasteiger partial charge in [0.15, 0.2) is 0 Å². The largest absolute Gasteiger partial charge is 0.434 e. The fourth-order valence-electron chi connectivity index (χ4n) is 3.14. The van der Waals surface area contributed by atoms with Crippen molar-refractivity contribution in [1.82, 2.24) is 4.90 Å². The van der Waals surface area contributed by atoms with Crippen molar-refractivity contribution < 1.29 is 18.3 Å². The van der Waals surface area contributed by atoms with E-state index in [0.717, 1.165) is 30.9 Å². The van der Waals surface area contributed by atoms with E-state index in [0.29, 0.717) is 5.56 Å². The summed E-state index contributed by atoms with van der Waals surface area (Å²) in [6.07, 6.45) is 2.78. The number of nitrogens with one attached hydrogen (secondary N) is 1. The molecule has 1 N–H and O–H groups in total. The van der Waals surface area contributed by atoms with E-state index in [2.05, 4.69) is 21.0 Å². The summed E-state index contributed by atoms with van der Waals surface area (Å²) >= 11 is 1.99. The first-order valence-electron chi connectivity index (χ1n) is 9.44. The van der Waals surface area contributed by atoms with Crippen molar-refractivity contribution >= 4 is 29.4 Å². The molecule has 154 valence electrons. The molecule has 1 amide bonds. The Balaban J connectivity index is 1.61.